The molecule has 0 unspecified atom stereocenters. The summed E-state index contributed by atoms with van der Waals surface area (Å²) in [7, 11) is 0. The molecule has 0 spiro atoms. The van der Waals surface area contributed by atoms with E-state index in [1.807, 2.05) is 30.3 Å². The normalized spacial score (nSPS) is 12.9. The van der Waals surface area contributed by atoms with Crippen molar-refractivity contribution in [2.24, 2.45) is 0 Å². The Hall–Kier alpha value is -2.14. The van der Waals surface area contributed by atoms with Gasteiger partial charge in [-0.05, 0) is 49.1 Å². The molecule has 1 aliphatic heterocycles. The first kappa shape index (κ1) is 25.1. The molecule has 0 saturated heterocycles. The molecule has 166 valence electrons. The van der Waals surface area contributed by atoms with E-state index in [9.17, 15) is 0 Å². The van der Waals surface area contributed by atoms with E-state index in [2.05, 4.69) is 56.8 Å². The molecule has 0 atom stereocenters. The minimum atomic E-state index is 0. The molecular formula is C25H32Cl2N4. The number of rotatable bonds is 9. The van der Waals surface area contributed by atoms with Gasteiger partial charge in [0.1, 0.15) is 5.82 Å². The van der Waals surface area contributed by atoms with E-state index in [1.165, 1.54) is 56.3 Å². The third-order valence-electron chi connectivity index (χ3n) is 5.65. The van der Waals surface area contributed by atoms with E-state index >= 15 is 0 Å². The molecule has 4 nitrogen and oxygen atoms in total. The lowest BCUT2D eigenvalue weighted by Crippen LogP contribution is -2.31. The van der Waals surface area contributed by atoms with Crippen LogP contribution in [0.3, 0.4) is 0 Å². The highest BCUT2D eigenvalue weighted by atomic mass is 35.5. The van der Waals surface area contributed by atoms with Crippen LogP contribution in [-0.4, -0.2) is 34.7 Å². The van der Waals surface area contributed by atoms with Crippen LogP contribution >= 0.6 is 24.8 Å². The number of aromatic nitrogens is 2. The molecule has 0 fully saturated rings. The molecule has 2 heterocycles. The highest BCUT2D eigenvalue weighted by molar-refractivity contribution is 5.85. The molecule has 1 aliphatic rings. The third kappa shape index (κ3) is 7.49. The van der Waals surface area contributed by atoms with Crippen molar-refractivity contribution in [2.45, 2.75) is 38.6 Å². The van der Waals surface area contributed by atoms with Crippen molar-refractivity contribution in [2.75, 3.05) is 25.0 Å². The maximum atomic E-state index is 4.33. The Labute approximate surface area is 198 Å². The van der Waals surface area contributed by atoms with Crippen LogP contribution in [0.5, 0.6) is 0 Å². The van der Waals surface area contributed by atoms with E-state index in [0.717, 1.165) is 30.2 Å². The largest absolute Gasteiger partial charge is 0.369 e. The van der Waals surface area contributed by atoms with Crippen molar-refractivity contribution in [1.29, 1.82) is 0 Å². The third-order valence-corrected chi connectivity index (χ3v) is 5.65. The topological polar surface area (TPSA) is 41.0 Å². The Morgan fingerprint density at radius 2 is 1.48 bits per heavy atom. The zero-order chi connectivity index (χ0) is 19.7. The minimum Gasteiger partial charge on any atom is -0.369 e. The van der Waals surface area contributed by atoms with E-state index in [0.29, 0.717) is 0 Å². The van der Waals surface area contributed by atoms with Gasteiger partial charge in [-0.25, -0.2) is 0 Å². The number of unbranched alkanes of at least 4 members (excludes halogenated alkanes) is 3. The van der Waals surface area contributed by atoms with Crippen LogP contribution < -0.4 is 5.32 Å². The maximum Gasteiger partial charge on any atom is 0.148 e. The molecule has 3 aromatic rings. The lowest BCUT2D eigenvalue weighted by Gasteiger charge is -2.28. The van der Waals surface area contributed by atoms with Gasteiger partial charge in [0.15, 0.2) is 0 Å². The van der Waals surface area contributed by atoms with Gasteiger partial charge in [-0.3, -0.25) is 4.90 Å². The second-order valence-electron chi connectivity index (χ2n) is 7.81. The van der Waals surface area contributed by atoms with Crippen LogP contribution in [0.2, 0.25) is 0 Å². The molecule has 0 bridgehead atoms. The van der Waals surface area contributed by atoms with Gasteiger partial charge in [0.25, 0.3) is 0 Å². The Morgan fingerprint density at radius 3 is 2.26 bits per heavy atom. The lowest BCUT2D eigenvalue weighted by atomic mass is 10.00. The van der Waals surface area contributed by atoms with Crippen molar-refractivity contribution in [1.82, 2.24) is 15.1 Å². The number of nitrogens with one attached hydrogen (secondary N) is 1. The van der Waals surface area contributed by atoms with Crippen LogP contribution in [-0.2, 0) is 13.0 Å². The summed E-state index contributed by atoms with van der Waals surface area (Å²) in [5.41, 5.74) is 5.07. The van der Waals surface area contributed by atoms with Crippen molar-refractivity contribution >= 4 is 30.6 Å². The van der Waals surface area contributed by atoms with Gasteiger partial charge in [-0.1, -0.05) is 67.4 Å². The first-order valence-electron chi connectivity index (χ1n) is 10.8. The first-order chi connectivity index (χ1) is 14.4. The number of halogens is 2. The van der Waals surface area contributed by atoms with Gasteiger partial charge >= 0.3 is 0 Å². The van der Waals surface area contributed by atoms with Gasteiger partial charge in [0.2, 0.25) is 0 Å². The van der Waals surface area contributed by atoms with Crippen molar-refractivity contribution in [3.8, 4) is 11.3 Å². The van der Waals surface area contributed by atoms with Crippen LogP contribution in [0.1, 0.15) is 36.8 Å². The van der Waals surface area contributed by atoms with Crippen LogP contribution in [0.4, 0.5) is 5.82 Å². The number of fused-ring (bicyclic) bond motifs is 1. The summed E-state index contributed by atoms with van der Waals surface area (Å²) in [6.07, 6.45) is 6.20. The minimum absolute atomic E-state index is 0. The molecule has 1 aromatic heterocycles. The molecule has 1 N–H and O–H groups in total. The summed E-state index contributed by atoms with van der Waals surface area (Å²) in [6, 6.07) is 23.1. The zero-order valence-corrected chi connectivity index (χ0v) is 19.5. The van der Waals surface area contributed by atoms with E-state index in [1.54, 1.807) is 0 Å². The van der Waals surface area contributed by atoms with Crippen LogP contribution in [0.25, 0.3) is 11.3 Å². The van der Waals surface area contributed by atoms with Crippen LogP contribution in [0, 0.1) is 0 Å². The number of benzene rings is 2. The summed E-state index contributed by atoms with van der Waals surface area (Å²) in [4.78, 5) is 2.60. The average Bonchev–Trinajstić information content (AvgIpc) is 2.79. The summed E-state index contributed by atoms with van der Waals surface area (Å²) >= 11 is 0. The van der Waals surface area contributed by atoms with E-state index < -0.39 is 0 Å². The van der Waals surface area contributed by atoms with Crippen molar-refractivity contribution in [3.63, 3.8) is 0 Å². The van der Waals surface area contributed by atoms with Crippen molar-refractivity contribution < 1.29 is 0 Å². The SMILES string of the molecule is Cl.Cl.c1ccc(-c2ccc(NCCCCCCN3CCc4ccccc4C3)nn2)cc1. The Bertz CT molecular complexity index is 888. The number of hydrogen-bond acceptors (Lipinski definition) is 4. The number of hydrogen-bond donors (Lipinski definition) is 1. The first-order valence-corrected chi connectivity index (χ1v) is 10.8. The van der Waals surface area contributed by atoms with Gasteiger partial charge in [-0.2, -0.15) is 0 Å². The molecule has 2 aromatic carbocycles. The van der Waals surface area contributed by atoms with Gasteiger partial charge in [-0.15, -0.1) is 35.0 Å². The summed E-state index contributed by atoms with van der Waals surface area (Å²) < 4.78 is 0. The zero-order valence-electron chi connectivity index (χ0n) is 17.9. The molecular weight excluding hydrogens is 427 g/mol. The van der Waals surface area contributed by atoms with E-state index in [4.69, 9.17) is 0 Å². The molecule has 0 amide bonds. The summed E-state index contributed by atoms with van der Waals surface area (Å²) in [5, 5.41) is 12.0. The van der Waals surface area contributed by atoms with Gasteiger partial charge in [0, 0.05) is 25.2 Å². The number of nitrogens with zero attached hydrogens (tertiary/aromatic N) is 3. The standard InChI is InChI=1S/C25H30N4.2ClH/c1(2-9-18-29-19-16-21-10-6-7-13-23(21)20-29)8-17-26-25-15-14-24(27-28-25)22-11-4-3-5-12-22;;/h3-7,10-15H,1-2,8-9,16-20H2,(H,26,28);2*1H. The Kier molecular flexibility index (Phi) is 10.8. The van der Waals surface area contributed by atoms with Crippen LogP contribution in [0.15, 0.2) is 66.7 Å². The monoisotopic (exact) mass is 458 g/mol. The summed E-state index contributed by atoms with van der Waals surface area (Å²) in [6.45, 7) is 4.50. The van der Waals surface area contributed by atoms with Gasteiger partial charge in [0.05, 0.1) is 5.69 Å². The average molecular weight is 459 g/mol. The lowest BCUT2D eigenvalue weighted by molar-refractivity contribution is 0.248. The molecule has 0 radical (unpaired) electrons. The fourth-order valence-corrected chi connectivity index (χ4v) is 3.96. The fourth-order valence-electron chi connectivity index (χ4n) is 3.96. The molecule has 31 heavy (non-hydrogen) atoms. The molecule has 0 saturated carbocycles. The van der Waals surface area contributed by atoms with Gasteiger partial charge < -0.3 is 5.32 Å². The quantitative estimate of drug-likeness (QED) is 0.398. The molecule has 4 rings (SSSR count). The predicted molar refractivity (Wildman–Crippen MR) is 134 cm³/mol. The second-order valence-corrected chi connectivity index (χ2v) is 7.81. The predicted octanol–water partition coefficient (Wildman–Crippen LogP) is 6.02. The smallest absolute Gasteiger partial charge is 0.148 e. The second kappa shape index (κ2) is 13.3. The van der Waals surface area contributed by atoms with Crippen molar-refractivity contribution in [3.05, 3.63) is 77.9 Å². The number of anilines is 1. The highest BCUT2D eigenvalue weighted by Crippen LogP contribution is 2.19. The highest BCUT2D eigenvalue weighted by Gasteiger charge is 2.14. The Balaban J connectivity index is 0.00000171. The maximum absolute atomic E-state index is 4.33. The van der Waals surface area contributed by atoms with E-state index in [-0.39, 0.29) is 24.8 Å². The molecule has 0 aliphatic carbocycles. The summed E-state index contributed by atoms with van der Waals surface area (Å²) in [5.74, 6) is 0.858. The Morgan fingerprint density at radius 1 is 0.742 bits per heavy atom. The fraction of sp³-hybridized carbons (Fsp3) is 0.360. The molecule has 6 heteroatoms.